The molecule has 0 aliphatic carbocycles. The summed E-state index contributed by atoms with van der Waals surface area (Å²) in [5.74, 6) is 0. The van der Waals surface area contributed by atoms with Gasteiger partial charge in [-0.05, 0) is 11.6 Å². The molecular formula is C10H11BrClN. The summed E-state index contributed by atoms with van der Waals surface area (Å²) >= 11 is 9.24. The lowest BCUT2D eigenvalue weighted by atomic mass is 10.2. The molecule has 1 nitrogen and oxygen atoms in total. The van der Waals surface area contributed by atoms with Crippen molar-refractivity contribution in [1.29, 1.82) is 0 Å². The summed E-state index contributed by atoms with van der Waals surface area (Å²) in [7, 11) is 0. The van der Waals surface area contributed by atoms with Crippen molar-refractivity contribution in [3.63, 3.8) is 0 Å². The molecule has 0 aliphatic rings. The Labute approximate surface area is 91.9 Å². The highest BCUT2D eigenvalue weighted by molar-refractivity contribution is 9.11. The molecule has 0 saturated heterocycles. The third-order valence-corrected chi connectivity index (χ3v) is 2.24. The average molecular weight is 261 g/mol. The summed E-state index contributed by atoms with van der Waals surface area (Å²) in [6, 6.07) is 7.80. The minimum Gasteiger partial charge on any atom is -0.308 e. The smallest absolute Gasteiger partial charge is 0.0450 e. The Morgan fingerprint density at radius 1 is 1.46 bits per heavy atom. The van der Waals surface area contributed by atoms with Crippen molar-refractivity contribution >= 4 is 27.5 Å². The molecule has 0 radical (unpaired) electrons. The lowest BCUT2D eigenvalue weighted by Crippen LogP contribution is -2.14. The van der Waals surface area contributed by atoms with E-state index < -0.39 is 0 Å². The van der Waals surface area contributed by atoms with Crippen LogP contribution in [-0.2, 0) is 6.54 Å². The molecule has 0 heterocycles. The van der Waals surface area contributed by atoms with Gasteiger partial charge in [0.15, 0.2) is 0 Å². The second kappa shape index (κ2) is 5.43. The summed E-state index contributed by atoms with van der Waals surface area (Å²) in [6.07, 6.45) is 0. The van der Waals surface area contributed by atoms with Gasteiger partial charge in [0.2, 0.25) is 0 Å². The fourth-order valence-corrected chi connectivity index (χ4v) is 1.38. The third kappa shape index (κ3) is 3.94. The number of halogens is 2. The molecule has 0 aliphatic heterocycles. The maximum Gasteiger partial charge on any atom is 0.0450 e. The molecule has 0 unspecified atom stereocenters. The van der Waals surface area contributed by atoms with Crippen molar-refractivity contribution in [3.8, 4) is 0 Å². The average Bonchev–Trinajstić information content (AvgIpc) is 2.08. The Morgan fingerprint density at radius 3 is 2.77 bits per heavy atom. The minimum atomic E-state index is 0.755. The van der Waals surface area contributed by atoms with Crippen molar-refractivity contribution in [2.24, 2.45) is 0 Å². The summed E-state index contributed by atoms with van der Waals surface area (Å²) in [5.41, 5.74) is 1.11. The van der Waals surface area contributed by atoms with Gasteiger partial charge in [-0.15, -0.1) is 0 Å². The number of hydrogen-bond acceptors (Lipinski definition) is 1. The molecule has 1 aromatic rings. The van der Waals surface area contributed by atoms with Crippen LogP contribution in [-0.4, -0.2) is 6.54 Å². The van der Waals surface area contributed by atoms with E-state index in [1.54, 1.807) is 0 Å². The van der Waals surface area contributed by atoms with Gasteiger partial charge < -0.3 is 5.32 Å². The van der Waals surface area contributed by atoms with Gasteiger partial charge in [-0.1, -0.05) is 52.3 Å². The van der Waals surface area contributed by atoms with Gasteiger partial charge in [0.05, 0.1) is 0 Å². The van der Waals surface area contributed by atoms with E-state index in [2.05, 4.69) is 27.8 Å². The lowest BCUT2D eigenvalue weighted by Gasteiger charge is -2.04. The Kier molecular flexibility index (Phi) is 4.50. The first-order chi connectivity index (χ1) is 6.20. The van der Waals surface area contributed by atoms with Crippen LogP contribution in [0, 0.1) is 0 Å². The van der Waals surface area contributed by atoms with Crippen LogP contribution in [0.3, 0.4) is 0 Å². The largest absolute Gasteiger partial charge is 0.308 e. The lowest BCUT2D eigenvalue weighted by molar-refractivity contribution is 0.757. The Morgan fingerprint density at radius 2 is 2.15 bits per heavy atom. The van der Waals surface area contributed by atoms with Crippen LogP contribution in [0.25, 0.3) is 0 Å². The van der Waals surface area contributed by atoms with Crippen LogP contribution >= 0.6 is 27.5 Å². The molecule has 1 N–H and O–H groups in total. The normalized spacial score (nSPS) is 10.0. The Hall–Kier alpha value is -0.310. The van der Waals surface area contributed by atoms with Crippen molar-refractivity contribution in [3.05, 3.63) is 45.9 Å². The van der Waals surface area contributed by atoms with Crippen molar-refractivity contribution in [2.45, 2.75) is 6.54 Å². The van der Waals surface area contributed by atoms with Gasteiger partial charge >= 0.3 is 0 Å². The van der Waals surface area contributed by atoms with E-state index in [0.717, 1.165) is 28.2 Å². The van der Waals surface area contributed by atoms with Crippen LogP contribution in [0.1, 0.15) is 5.56 Å². The first kappa shape index (κ1) is 10.8. The van der Waals surface area contributed by atoms with Crippen molar-refractivity contribution in [1.82, 2.24) is 5.32 Å². The summed E-state index contributed by atoms with van der Waals surface area (Å²) in [6.45, 7) is 5.25. The van der Waals surface area contributed by atoms with Crippen molar-refractivity contribution in [2.75, 3.05) is 6.54 Å². The molecule has 1 rings (SSSR count). The second-order valence-corrected chi connectivity index (χ2v) is 4.24. The van der Waals surface area contributed by atoms with E-state index in [-0.39, 0.29) is 0 Å². The van der Waals surface area contributed by atoms with Crippen LogP contribution in [0.2, 0.25) is 5.02 Å². The molecule has 0 aromatic heterocycles. The van der Waals surface area contributed by atoms with E-state index in [1.165, 1.54) is 0 Å². The standard InChI is InChI=1S/C10H11BrClN/c1-8(11)6-13-7-9-4-2-3-5-10(9)12/h2-5,13H,1,6-7H2. The molecule has 0 bridgehead atoms. The van der Waals surface area contributed by atoms with Gasteiger partial charge in [-0.25, -0.2) is 0 Å². The van der Waals surface area contributed by atoms with Crippen LogP contribution in [0.5, 0.6) is 0 Å². The maximum absolute atomic E-state index is 5.97. The zero-order chi connectivity index (χ0) is 9.68. The molecule has 0 saturated carbocycles. The highest BCUT2D eigenvalue weighted by Gasteiger charge is 1.97. The van der Waals surface area contributed by atoms with E-state index in [0.29, 0.717) is 0 Å². The molecular weight excluding hydrogens is 249 g/mol. The number of benzene rings is 1. The predicted octanol–water partition coefficient (Wildman–Crippen LogP) is 3.34. The van der Waals surface area contributed by atoms with E-state index in [1.807, 2.05) is 24.3 Å². The summed E-state index contributed by atoms with van der Waals surface area (Å²) in [5, 5.41) is 4.01. The van der Waals surface area contributed by atoms with E-state index >= 15 is 0 Å². The quantitative estimate of drug-likeness (QED) is 0.875. The first-order valence-corrected chi connectivity index (χ1v) is 5.14. The Bertz CT molecular complexity index is 299. The molecule has 0 atom stereocenters. The number of rotatable bonds is 4. The van der Waals surface area contributed by atoms with Gasteiger partial charge in [0.25, 0.3) is 0 Å². The fraction of sp³-hybridized carbons (Fsp3) is 0.200. The zero-order valence-corrected chi connectivity index (χ0v) is 9.53. The molecule has 70 valence electrons. The molecule has 0 spiro atoms. The molecule has 0 amide bonds. The highest BCUT2D eigenvalue weighted by Crippen LogP contribution is 2.14. The van der Waals surface area contributed by atoms with Crippen LogP contribution < -0.4 is 5.32 Å². The van der Waals surface area contributed by atoms with Crippen LogP contribution in [0.15, 0.2) is 35.3 Å². The fourth-order valence-electron chi connectivity index (χ4n) is 0.975. The molecule has 1 aromatic carbocycles. The first-order valence-electron chi connectivity index (χ1n) is 3.97. The number of hydrogen-bond donors (Lipinski definition) is 1. The predicted molar refractivity (Wildman–Crippen MR) is 61.2 cm³/mol. The van der Waals surface area contributed by atoms with Gasteiger partial charge in [0, 0.05) is 22.6 Å². The van der Waals surface area contributed by atoms with Crippen molar-refractivity contribution < 1.29 is 0 Å². The monoisotopic (exact) mass is 259 g/mol. The van der Waals surface area contributed by atoms with Gasteiger partial charge in [-0.2, -0.15) is 0 Å². The summed E-state index contributed by atoms with van der Waals surface area (Å²) in [4.78, 5) is 0. The molecule has 13 heavy (non-hydrogen) atoms. The van der Waals surface area contributed by atoms with Gasteiger partial charge in [-0.3, -0.25) is 0 Å². The summed E-state index contributed by atoms with van der Waals surface area (Å²) < 4.78 is 0.944. The second-order valence-electron chi connectivity index (χ2n) is 2.71. The zero-order valence-electron chi connectivity index (χ0n) is 7.19. The Balaban J connectivity index is 2.45. The van der Waals surface area contributed by atoms with E-state index in [4.69, 9.17) is 11.6 Å². The maximum atomic E-state index is 5.97. The number of nitrogens with one attached hydrogen (secondary N) is 1. The molecule has 3 heteroatoms. The van der Waals surface area contributed by atoms with E-state index in [9.17, 15) is 0 Å². The van der Waals surface area contributed by atoms with Crippen LogP contribution in [0.4, 0.5) is 0 Å². The van der Waals surface area contributed by atoms with Gasteiger partial charge in [0.1, 0.15) is 0 Å². The molecule has 0 fully saturated rings. The highest BCUT2D eigenvalue weighted by atomic mass is 79.9. The minimum absolute atomic E-state index is 0.755. The third-order valence-electron chi connectivity index (χ3n) is 1.59. The SMILES string of the molecule is C=C(Br)CNCc1ccccc1Cl. The topological polar surface area (TPSA) is 12.0 Å².